The molecule has 2 rings (SSSR count). The molecule has 0 aliphatic rings. The predicted molar refractivity (Wildman–Crippen MR) is 152 cm³/mol. The summed E-state index contributed by atoms with van der Waals surface area (Å²) in [4.78, 5) is 28.1. The predicted octanol–water partition coefficient (Wildman–Crippen LogP) is 7.44. The summed E-state index contributed by atoms with van der Waals surface area (Å²) in [5, 5.41) is 0. The molecule has 0 bridgehead atoms. The van der Waals surface area contributed by atoms with Gasteiger partial charge in [-0.3, -0.25) is 9.59 Å². The van der Waals surface area contributed by atoms with Crippen molar-refractivity contribution in [3.8, 4) is 0 Å². The summed E-state index contributed by atoms with van der Waals surface area (Å²) in [5.74, 6) is 0. The molecule has 2 aromatic rings. The summed E-state index contributed by atoms with van der Waals surface area (Å²) in [6, 6.07) is 8.69. The van der Waals surface area contributed by atoms with Crippen LogP contribution in [-0.2, 0) is 13.3 Å². The zero-order valence-corrected chi connectivity index (χ0v) is 25.4. The number of carbonyl (C=O) groups excluding carboxylic acids is 2. The largest absolute Gasteiger partial charge is 0.500 e. The second-order valence-electron chi connectivity index (χ2n) is 9.39. The van der Waals surface area contributed by atoms with E-state index in [-0.39, 0.29) is 11.0 Å². The highest BCUT2D eigenvalue weighted by molar-refractivity contribution is 7.90. The average Bonchev–Trinajstić information content (AvgIpc) is 2.75. The summed E-state index contributed by atoms with van der Waals surface area (Å²) in [6.45, 7) is 19.2. The molecule has 0 saturated heterocycles. The summed E-state index contributed by atoms with van der Waals surface area (Å²) in [5.41, 5.74) is 7.23. The van der Waals surface area contributed by atoms with E-state index in [0.29, 0.717) is 49.6 Å². The lowest BCUT2D eigenvalue weighted by molar-refractivity contribution is 0.0711. The normalized spacial score (nSPS) is 11.8. The van der Waals surface area contributed by atoms with Crippen molar-refractivity contribution < 1.29 is 22.9 Å². The van der Waals surface area contributed by atoms with Crippen LogP contribution in [-0.4, -0.2) is 45.8 Å². The molecule has 7 heteroatoms. The van der Waals surface area contributed by atoms with Crippen LogP contribution < -0.4 is 0 Å². The van der Waals surface area contributed by atoms with Crippen LogP contribution in [0, 0.1) is 41.5 Å². The van der Waals surface area contributed by atoms with Gasteiger partial charge in [0, 0.05) is 44.9 Å². The summed E-state index contributed by atoms with van der Waals surface area (Å²) in [6.07, 6.45) is 1.11. The lowest BCUT2D eigenvalue weighted by Crippen LogP contribution is -2.46. The van der Waals surface area contributed by atoms with Gasteiger partial charge in [0.1, 0.15) is 0 Å². The van der Waals surface area contributed by atoms with Gasteiger partial charge in [-0.15, -0.1) is 0 Å². The SMILES string of the molecule is CCO[Si](CCCP(C(=O)c1c(C)cc(C)cc1C)C(=O)c1c(C)cc(C)cc1C)(OCC)OCC. The molecule has 0 spiro atoms. The average molecular weight is 531 g/mol. The molecular weight excluding hydrogens is 487 g/mol. The Kier molecular flexibility index (Phi) is 11.6. The van der Waals surface area contributed by atoms with Gasteiger partial charge in [0.05, 0.1) is 0 Å². The van der Waals surface area contributed by atoms with E-state index in [2.05, 4.69) is 0 Å². The standard InChI is InChI=1S/C29H43O5PSi/c1-10-32-36(33-11-2,34-12-3)15-13-14-35(28(30)26-22(6)16-20(4)17-23(26)7)29(31)27-24(8)18-21(5)19-25(27)9/h16-19H,10-15H2,1-9H3. The van der Waals surface area contributed by atoms with Crippen molar-refractivity contribution in [2.45, 2.75) is 74.8 Å². The maximum atomic E-state index is 14.1. The van der Waals surface area contributed by atoms with Crippen LogP contribution in [0.15, 0.2) is 24.3 Å². The van der Waals surface area contributed by atoms with E-state index in [1.807, 2.05) is 86.6 Å². The van der Waals surface area contributed by atoms with Crippen molar-refractivity contribution in [2.24, 2.45) is 0 Å². The first-order valence-corrected chi connectivity index (χ1v) is 16.4. The highest BCUT2D eigenvalue weighted by atomic mass is 31.1. The fraction of sp³-hybridized carbons (Fsp3) is 0.517. The first-order chi connectivity index (χ1) is 17.0. The molecule has 0 amide bonds. The van der Waals surface area contributed by atoms with Crippen molar-refractivity contribution in [1.29, 1.82) is 0 Å². The smallest absolute Gasteiger partial charge is 0.374 e. The van der Waals surface area contributed by atoms with E-state index in [9.17, 15) is 9.59 Å². The van der Waals surface area contributed by atoms with E-state index in [1.165, 1.54) is 0 Å². The van der Waals surface area contributed by atoms with Crippen molar-refractivity contribution in [3.05, 3.63) is 68.8 Å². The Balaban J connectivity index is 2.47. The third kappa shape index (κ3) is 7.42. The third-order valence-electron chi connectivity index (χ3n) is 6.23. The number of benzene rings is 2. The molecule has 5 nitrogen and oxygen atoms in total. The molecule has 0 atom stereocenters. The second kappa shape index (κ2) is 13.7. The number of carbonyl (C=O) groups is 2. The van der Waals surface area contributed by atoms with Gasteiger partial charge in [-0.05, 0) is 97.2 Å². The first-order valence-electron chi connectivity index (χ1n) is 12.9. The molecule has 198 valence electrons. The Labute approximate surface area is 220 Å². The minimum atomic E-state index is -2.86. The fourth-order valence-corrected chi connectivity index (χ4v) is 10.3. The number of hydrogen-bond donors (Lipinski definition) is 0. The Bertz CT molecular complexity index is 949. The van der Waals surface area contributed by atoms with Crippen molar-refractivity contribution in [3.63, 3.8) is 0 Å². The van der Waals surface area contributed by atoms with Crippen molar-refractivity contribution >= 4 is 27.8 Å². The van der Waals surface area contributed by atoms with Crippen LogP contribution in [0.2, 0.25) is 6.04 Å². The topological polar surface area (TPSA) is 61.8 Å². The van der Waals surface area contributed by atoms with Gasteiger partial charge in [0.25, 0.3) is 0 Å². The highest BCUT2D eigenvalue weighted by Crippen LogP contribution is 2.47. The molecule has 0 aliphatic heterocycles. The zero-order valence-electron chi connectivity index (χ0n) is 23.5. The molecule has 2 aromatic carbocycles. The molecule has 0 saturated carbocycles. The minimum absolute atomic E-state index is 0.0409. The Morgan fingerprint density at radius 3 is 1.31 bits per heavy atom. The summed E-state index contributed by atoms with van der Waals surface area (Å²) < 4.78 is 18.1. The van der Waals surface area contributed by atoms with Crippen LogP contribution in [0.4, 0.5) is 0 Å². The van der Waals surface area contributed by atoms with Gasteiger partial charge >= 0.3 is 8.80 Å². The van der Waals surface area contributed by atoms with Gasteiger partial charge in [0.2, 0.25) is 0 Å². The molecule has 0 N–H and O–H groups in total. The van der Waals surface area contributed by atoms with Gasteiger partial charge in [-0.1, -0.05) is 35.4 Å². The Morgan fingerprint density at radius 1 is 0.667 bits per heavy atom. The summed E-state index contributed by atoms with van der Waals surface area (Å²) >= 11 is 0. The monoisotopic (exact) mass is 530 g/mol. The molecule has 0 radical (unpaired) electrons. The number of hydrogen-bond acceptors (Lipinski definition) is 5. The molecule has 0 aromatic heterocycles. The molecule has 36 heavy (non-hydrogen) atoms. The molecule has 0 aliphatic carbocycles. The van der Waals surface area contributed by atoms with Crippen LogP contribution in [0.25, 0.3) is 0 Å². The lowest BCUT2D eigenvalue weighted by atomic mass is 10.0. The maximum Gasteiger partial charge on any atom is 0.500 e. The Morgan fingerprint density at radius 2 is 1.00 bits per heavy atom. The summed E-state index contributed by atoms with van der Waals surface area (Å²) in [7, 11) is -4.48. The molecule has 0 unspecified atom stereocenters. The van der Waals surface area contributed by atoms with Gasteiger partial charge in [-0.2, -0.15) is 0 Å². The van der Waals surface area contributed by atoms with Crippen LogP contribution >= 0.6 is 7.92 Å². The van der Waals surface area contributed by atoms with Crippen LogP contribution in [0.1, 0.15) is 81.3 Å². The van der Waals surface area contributed by atoms with Gasteiger partial charge in [-0.25, -0.2) is 0 Å². The van der Waals surface area contributed by atoms with Crippen LogP contribution in [0.3, 0.4) is 0 Å². The van der Waals surface area contributed by atoms with E-state index in [0.717, 1.165) is 33.4 Å². The van der Waals surface area contributed by atoms with Gasteiger partial charge < -0.3 is 13.3 Å². The fourth-order valence-electron chi connectivity index (χ4n) is 5.05. The number of rotatable bonds is 14. The third-order valence-corrected chi connectivity index (χ3v) is 11.6. The van der Waals surface area contributed by atoms with E-state index in [1.54, 1.807) is 0 Å². The van der Waals surface area contributed by atoms with Crippen molar-refractivity contribution in [2.75, 3.05) is 26.0 Å². The zero-order chi connectivity index (χ0) is 27.0. The Hall–Kier alpha value is -1.69. The van der Waals surface area contributed by atoms with Crippen LogP contribution in [0.5, 0.6) is 0 Å². The minimum Gasteiger partial charge on any atom is -0.374 e. The molecule has 0 fully saturated rings. The van der Waals surface area contributed by atoms with E-state index < -0.39 is 16.7 Å². The molecule has 0 heterocycles. The quantitative estimate of drug-likeness (QED) is 0.188. The number of aryl methyl sites for hydroxylation is 6. The van der Waals surface area contributed by atoms with Crippen molar-refractivity contribution in [1.82, 2.24) is 0 Å². The van der Waals surface area contributed by atoms with E-state index in [4.69, 9.17) is 13.3 Å². The first kappa shape index (κ1) is 30.5. The second-order valence-corrected chi connectivity index (χ2v) is 14.2. The highest BCUT2D eigenvalue weighted by Gasteiger charge is 2.41. The van der Waals surface area contributed by atoms with Gasteiger partial charge in [0.15, 0.2) is 11.0 Å². The lowest BCUT2D eigenvalue weighted by Gasteiger charge is -2.29. The maximum absolute atomic E-state index is 14.1. The molecular formula is C29H43O5PSi. The van der Waals surface area contributed by atoms with E-state index >= 15 is 0 Å².